The summed E-state index contributed by atoms with van der Waals surface area (Å²) in [6.45, 7) is 1.17. The van der Waals surface area contributed by atoms with Crippen LogP contribution in [0.2, 0.25) is 0 Å². The molecule has 202 valence electrons. The lowest BCUT2D eigenvalue weighted by Crippen LogP contribution is -2.44. The van der Waals surface area contributed by atoms with Gasteiger partial charge in [-0.3, -0.25) is 0 Å². The van der Waals surface area contributed by atoms with E-state index in [0.717, 1.165) is 57.8 Å². The molecule has 10 atom stereocenters. The molecule has 0 aromatic carbocycles. The van der Waals surface area contributed by atoms with Gasteiger partial charge in [-0.05, 0) is 106 Å². The van der Waals surface area contributed by atoms with Gasteiger partial charge in [0, 0.05) is 14.2 Å². The van der Waals surface area contributed by atoms with Crippen LogP contribution in [-0.4, -0.2) is 73.1 Å². The first-order valence-corrected chi connectivity index (χ1v) is 13.8. The van der Waals surface area contributed by atoms with Crippen LogP contribution in [0.25, 0.3) is 0 Å². The number of hydrogen-bond donors (Lipinski definition) is 5. The summed E-state index contributed by atoms with van der Waals surface area (Å²) in [5.41, 5.74) is 11.8. The number of ether oxygens (including phenoxy) is 2. The van der Waals surface area contributed by atoms with Crippen molar-refractivity contribution < 1.29 is 24.8 Å². The highest BCUT2D eigenvalue weighted by Crippen LogP contribution is 2.39. The lowest BCUT2D eigenvalue weighted by Gasteiger charge is -2.40. The van der Waals surface area contributed by atoms with E-state index in [4.69, 9.17) is 20.9 Å². The Hall–Kier alpha value is -0.800. The summed E-state index contributed by atoms with van der Waals surface area (Å²) in [7, 11) is 3.36. The number of aliphatic hydroxyl groups is 3. The highest BCUT2D eigenvalue weighted by atomic mass is 16.5. The molecule has 0 bridgehead atoms. The van der Waals surface area contributed by atoms with Crippen molar-refractivity contribution in [3.63, 3.8) is 0 Å². The van der Waals surface area contributed by atoms with Gasteiger partial charge in [0.1, 0.15) is 0 Å². The Balaban J connectivity index is 1.63. The molecule has 0 aromatic heterocycles. The van der Waals surface area contributed by atoms with Gasteiger partial charge in [0.15, 0.2) is 0 Å². The average molecular weight is 495 g/mol. The Morgan fingerprint density at radius 1 is 0.657 bits per heavy atom. The van der Waals surface area contributed by atoms with Gasteiger partial charge in [0.05, 0.1) is 30.5 Å². The zero-order valence-corrected chi connectivity index (χ0v) is 21.8. The largest absolute Gasteiger partial charge is 0.393 e. The van der Waals surface area contributed by atoms with Crippen LogP contribution in [0, 0.1) is 35.5 Å². The Labute approximate surface area is 211 Å². The Bertz CT molecular complexity index is 620. The first-order chi connectivity index (χ1) is 16.9. The first kappa shape index (κ1) is 28.8. The highest BCUT2D eigenvalue weighted by Gasteiger charge is 2.39. The normalized spacial score (nSPS) is 43.2. The summed E-state index contributed by atoms with van der Waals surface area (Å²) in [6, 6.07) is 0. The second kappa shape index (κ2) is 14.2. The second-order valence-corrected chi connectivity index (χ2v) is 11.2. The summed E-state index contributed by atoms with van der Waals surface area (Å²) in [6.07, 6.45) is 15.4. The smallest absolute Gasteiger partial charge is 0.0864 e. The van der Waals surface area contributed by atoms with E-state index in [-0.39, 0.29) is 30.1 Å². The minimum atomic E-state index is -0.422. The van der Waals surface area contributed by atoms with Crippen LogP contribution >= 0.6 is 0 Å². The number of nitrogens with two attached hydrogens (primary N) is 2. The van der Waals surface area contributed by atoms with Crippen molar-refractivity contribution in [1.29, 1.82) is 0 Å². The van der Waals surface area contributed by atoms with Crippen LogP contribution in [0.1, 0.15) is 57.8 Å². The summed E-state index contributed by atoms with van der Waals surface area (Å²) in [4.78, 5) is 0. The lowest BCUT2D eigenvalue weighted by molar-refractivity contribution is -0.0832. The maximum atomic E-state index is 10.6. The third-order valence-corrected chi connectivity index (χ3v) is 8.85. The predicted molar refractivity (Wildman–Crippen MR) is 138 cm³/mol. The maximum absolute atomic E-state index is 10.6. The topological polar surface area (TPSA) is 131 Å². The Morgan fingerprint density at radius 3 is 1.46 bits per heavy atom. The minimum absolute atomic E-state index is 0.166. The van der Waals surface area contributed by atoms with E-state index in [2.05, 4.69) is 24.3 Å². The average Bonchev–Trinajstić information content (AvgIpc) is 2.83. The zero-order valence-electron chi connectivity index (χ0n) is 21.8. The van der Waals surface area contributed by atoms with Gasteiger partial charge in [-0.1, -0.05) is 24.3 Å². The molecule has 0 saturated heterocycles. The van der Waals surface area contributed by atoms with Crippen molar-refractivity contribution in [2.75, 3.05) is 27.3 Å². The minimum Gasteiger partial charge on any atom is -0.393 e. The van der Waals surface area contributed by atoms with E-state index in [1.165, 1.54) is 0 Å². The van der Waals surface area contributed by atoms with Gasteiger partial charge in [-0.25, -0.2) is 0 Å². The standard InChI is InChI=1S/C28H50N2O5/c1-34-27-23(11-13-29)20(7-9-25(27)32)5-3-18-15-19(17-22(31)16-18)4-6-21-8-10-26(33)28(35-2)24(21)12-14-30/h3-6,18-28,31-33H,7-17,29-30H2,1-2H3/b5-3+,6-4+. The molecule has 0 radical (unpaired) electrons. The quantitative estimate of drug-likeness (QED) is 0.295. The van der Waals surface area contributed by atoms with Gasteiger partial charge in [0.25, 0.3) is 0 Å². The molecule has 3 fully saturated rings. The van der Waals surface area contributed by atoms with Crippen molar-refractivity contribution in [3.8, 4) is 0 Å². The molecular formula is C28H50N2O5. The molecule has 0 spiro atoms. The van der Waals surface area contributed by atoms with E-state index in [1.54, 1.807) is 14.2 Å². The van der Waals surface area contributed by atoms with E-state index in [9.17, 15) is 15.3 Å². The van der Waals surface area contributed by atoms with Crippen molar-refractivity contribution >= 4 is 0 Å². The number of aliphatic hydroxyl groups excluding tert-OH is 3. The molecule has 7 nitrogen and oxygen atoms in total. The Morgan fingerprint density at radius 2 is 1.09 bits per heavy atom. The second-order valence-electron chi connectivity index (χ2n) is 11.2. The summed E-state index contributed by atoms with van der Waals surface area (Å²) in [5.74, 6) is 1.81. The molecule has 3 rings (SSSR count). The van der Waals surface area contributed by atoms with E-state index < -0.39 is 12.2 Å². The summed E-state index contributed by atoms with van der Waals surface area (Å²) in [5, 5.41) is 31.4. The summed E-state index contributed by atoms with van der Waals surface area (Å²) >= 11 is 0. The fraction of sp³-hybridized carbons (Fsp3) is 0.857. The van der Waals surface area contributed by atoms with Crippen LogP contribution in [0.5, 0.6) is 0 Å². The molecule has 35 heavy (non-hydrogen) atoms. The molecule has 7 N–H and O–H groups in total. The number of hydrogen-bond acceptors (Lipinski definition) is 7. The van der Waals surface area contributed by atoms with E-state index in [0.29, 0.717) is 36.8 Å². The van der Waals surface area contributed by atoms with Crippen molar-refractivity contribution in [3.05, 3.63) is 24.3 Å². The molecule has 0 aliphatic heterocycles. The van der Waals surface area contributed by atoms with Gasteiger partial charge in [0.2, 0.25) is 0 Å². The third-order valence-electron chi connectivity index (χ3n) is 8.85. The molecule has 10 unspecified atom stereocenters. The van der Waals surface area contributed by atoms with Crippen molar-refractivity contribution in [1.82, 2.24) is 0 Å². The van der Waals surface area contributed by atoms with Gasteiger partial charge in [-0.15, -0.1) is 0 Å². The van der Waals surface area contributed by atoms with E-state index in [1.807, 2.05) is 0 Å². The number of allylic oxidation sites excluding steroid dienone is 4. The molecule has 0 heterocycles. The van der Waals surface area contributed by atoms with Gasteiger partial charge >= 0.3 is 0 Å². The number of methoxy groups -OCH3 is 2. The molecular weight excluding hydrogens is 444 g/mol. The predicted octanol–water partition coefficient (Wildman–Crippen LogP) is 2.38. The molecule has 3 saturated carbocycles. The van der Waals surface area contributed by atoms with Crippen molar-refractivity contribution in [2.24, 2.45) is 47.0 Å². The van der Waals surface area contributed by atoms with Crippen LogP contribution in [0.15, 0.2) is 24.3 Å². The summed E-state index contributed by atoms with van der Waals surface area (Å²) < 4.78 is 11.3. The molecule has 0 amide bonds. The molecule has 0 aromatic rings. The van der Waals surface area contributed by atoms with Crippen LogP contribution in [-0.2, 0) is 9.47 Å². The fourth-order valence-corrected chi connectivity index (χ4v) is 7.11. The van der Waals surface area contributed by atoms with Crippen LogP contribution in [0.3, 0.4) is 0 Å². The molecule has 7 heteroatoms. The van der Waals surface area contributed by atoms with Crippen LogP contribution in [0.4, 0.5) is 0 Å². The molecule has 3 aliphatic rings. The first-order valence-electron chi connectivity index (χ1n) is 13.8. The van der Waals surface area contributed by atoms with Crippen molar-refractivity contribution in [2.45, 2.75) is 88.3 Å². The number of rotatable bonds is 10. The maximum Gasteiger partial charge on any atom is 0.0864 e. The molecule has 3 aliphatic carbocycles. The lowest BCUT2D eigenvalue weighted by atomic mass is 9.72. The highest BCUT2D eigenvalue weighted by molar-refractivity contribution is 5.06. The van der Waals surface area contributed by atoms with E-state index >= 15 is 0 Å². The van der Waals surface area contributed by atoms with Gasteiger partial charge < -0.3 is 36.3 Å². The Kier molecular flexibility index (Phi) is 11.7. The fourth-order valence-electron chi connectivity index (χ4n) is 7.11. The monoisotopic (exact) mass is 494 g/mol. The third kappa shape index (κ3) is 7.60. The SMILES string of the molecule is COC1C(O)CCC(/C=C/C2CC(O)CC(/C=C/C3CCC(O)C(OC)C3CCN)C2)C1CCN. The van der Waals surface area contributed by atoms with Crippen LogP contribution < -0.4 is 11.5 Å². The zero-order chi connectivity index (χ0) is 25.4. The van der Waals surface area contributed by atoms with Gasteiger partial charge in [-0.2, -0.15) is 0 Å².